The zero-order chi connectivity index (χ0) is 15.5. The number of piperidine rings is 1. The van der Waals surface area contributed by atoms with E-state index in [0.29, 0.717) is 25.6 Å². The molecule has 3 aliphatic rings. The summed E-state index contributed by atoms with van der Waals surface area (Å²) < 4.78 is 10.5. The average Bonchev–Trinajstić information content (AvgIpc) is 2.84. The van der Waals surface area contributed by atoms with Crippen molar-refractivity contribution in [3.05, 3.63) is 12.4 Å². The minimum atomic E-state index is 0.0160. The molecule has 0 radical (unpaired) electrons. The van der Waals surface area contributed by atoms with E-state index in [2.05, 4.69) is 14.9 Å². The van der Waals surface area contributed by atoms with Crippen LogP contribution in [0.5, 0.6) is 5.88 Å². The Morgan fingerprint density at radius 2 is 2.05 bits per heavy atom. The molecule has 7 heteroatoms. The Kier molecular flexibility index (Phi) is 4.42. The SMILES string of the molecule is COCCN1C(=O)[C@H]2CC[C@@H]1CN(c1nccnc1OC)C2. The van der Waals surface area contributed by atoms with Gasteiger partial charge in [-0.2, -0.15) is 0 Å². The first-order chi connectivity index (χ1) is 10.7. The van der Waals surface area contributed by atoms with Gasteiger partial charge in [-0.05, 0) is 12.8 Å². The third-order valence-corrected chi connectivity index (χ3v) is 4.47. The van der Waals surface area contributed by atoms with Crippen LogP contribution in [0, 0.1) is 5.92 Å². The van der Waals surface area contributed by atoms with Crippen molar-refractivity contribution in [2.24, 2.45) is 5.92 Å². The first kappa shape index (κ1) is 15.0. The van der Waals surface area contributed by atoms with Gasteiger partial charge in [0.2, 0.25) is 5.91 Å². The summed E-state index contributed by atoms with van der Waals surface area (Å²) in [5.74, 6) is 1.49. The number of fused-ring (bicyclic) bond motifs is 4. The van der Waals surface area contributed by atoms with Gasteiger partial charge < -0.3 is 19.3 Å². The molecule has 1 aromatic heterocycles. The van der Waals surface area contributed by atoms with Gasteiger partial charge in [0.15, 0.2) is 5.82 Å². The van der Waals surface area contributed by atoms with Crippen LogP contribution < -0.4 is 9.64 Å². The molecule has 3 fully saturated rings. The lowest BCUT2D eigenvalue weighted by atomic mass is 9.94. The molecule has 0 saturated carbocycles. The van der Waals surface area contributed by atoms with Gasteiger partial charge in [-0.1, -0.05) is 0 Å². The minimum Gasteiger partial charge on any atom is -0.478 e. The maximum absolute atomic E-state index is 12.6. The summed E-state index contributed by atoms with van der Waals surface area (Å²) in [5, 5.41) is 0. The Balaban J connectivity index is 1.84. The third-order valence-electron chi connectivity index (χ3n) is 4.47. The lowest BCUT2D eigenvalue weighted by Gasteiger charge is -2.35. The summed E-state index contributed by atoms with van der Waals surface area (Å²) in [7, 11) is 3.26. The fraction of sp³-hybridized carbons (Fsp3) is 0.667. The molecule has 4 heterocycles. The van der Waals surface area contributed by atoms with Crippen molar-refractivity contribution in [1.29, 1.82) is 0 Å². The van der Waals surface area contributed by atoms with E-state index in [0.717, 1.165) is 25.2 Å². The Morgan fingerprint density at radius 1 is 1.23 bits per heavy atom. The summed E-state index contributed by atoms with van der Waals surface area (Å²) in [6, 6.07) is 0.202. The van der Waals surface area contributed by atoms with E-state index in [-0.39, 0.29) is 17.9 Å². The number of hydrogen-bond donors (Lipinski definition) is 0. The number of hydrogen-bond acceptors (Lipinski definition) is 6. The number of methoxy groups -OCH3 is 2. The normalized spacial score (nSPS) is 24.5. The van der Waals surface area contributed by atoms with Crippen molar-refractivity contribution in [3.63, 3.8) is 0 Å². The van der Waals surface area contributed by atoms with E-state index in [1.165, 1.54) is 0 Å². The summed E-state index contributed by atoms with van der Waals surface area (Å²) in [6.07, 6.45) is 5.24. The highest BCUT2D eigenvalue weighted by atomic mass is 16.5. The second kappa shape index (κ2) is 6.48. The number of carbonyl (C=O) groups is 1. The summed E-state index contributed by atoms with van der Waals surface area (Å²) >= 11 is 0. The Morgan fingerprint density at radius 3 is 2.82 bits per heavy atom. The van der Waals surface area contributed by atoms with Crippen LogP contribution in [-0.4, -0.2) is 67.3 Å². The number of ether oxygens (including phenoxy) is 2. The maximum Gasteiger partial charge on any atom is 0.257 e. The lowest BCUT2D eigenvalue weighted by Crippen LogP contribution is -2.49. The number of anilines is 1. The minimum absolute atomic E-state index is 0.0160. The van der Waals surface area contributed by atoms with Crippen molar-refractivity contribution in [3.8, 4) is 5.88 Å². The highest BCUT2D eigenvalue weighted by Crippen LogP contribution is 2.33. The third kappa shape index (κ3) is 2.72. The van der Waals surface area contributed by atoms with Crippen LogP contribution in [0.3, 0.4) is 0 Å². The van der Waals surface area contributed by atoms with E-state index in [1.807, 2.05) is 4.90 Å². The predicted octanol–water partition coefficient (Wildman–Crippen LogP) is 0.559. The fourth-order valence-electron chi connectivity index (χ4n) is 3.38. The van der Waals surface area contributed by atoms with E-state index in [4.69, 9.17) is 9.47 Å². The number of aromatic nitrogens is 2. The molecule has 0 N–H and O–H groups in total. The Bertz CT molecular complexity index is 539. The second-order valence-electron chi connectivity index (χ2n) is 5.75. The van der Waals surface area contributed by atoms with Gasteiger partial charge in [0.1, 0.15) is 0 Å². The Labute approximate surface area is 130 Å². The van der Waals surface area contributed by atoms with Crippen LogP contribution in [0.25, 0.3) is 0 Å². The molecule has 7 nitrogen and oxygen atoms in total. The van der Waals surface area contributed by atoms with Gasteiger partial charge in [-0.3, -0.25) is 4.79 Å². The molecule has 3 saturated heterocycles. The molecule has 0 aromatic carbocycles. The van der Waals surface area contributed by atoms with Crippen molar-refractivity contribution < 1.29 is 14.3 Å². The molecule has 2 atom stereocenters. The van der Waals surface area contributed by atoms with E-state index < -0.39 is 0 Å². The average molecular weight is 306 g/mol. The molecule has 2 bridgehead atoms. The van der Waals surface area contributed by atoms with Crippen LogP contribution in [0.15, 0.2) is 12.4 Å². The molecule has 3 aliphatic heterocycles. The second-order valence-corrected chi connectivity index (χ2v) is 5.75. The van der Waals surface area contributed by atoms with Gasteiger partial charge in [0, 0.05) is 45.2 Å². The van der Waals surface area contributed by atoms with Crippen LogP contribution in [-0.2, 0) is 9.53 Å². The molecule has 1 aromatic rings. The van der Waals surface area contributed by atoms with Gasteiger partial charge in [-0.25, -0.2) is 9.97 Å². The number of rotatable bonds is 5. The predicted molar refractivity (Wildman–Crippen MR) is 80.9 cm³/mol. The van der Waals surface area contributed by atoms with Gasteiger partial charge in [-0.15, -0.1) is 0 Å². The van der Waals surface area contributed by atoms with E-state index in [1.54, 1.807) is 26.6 Å². The quantitative estimate of drug-likeness (QED) is 0.792. The zero-order valence-electron chi connectivity index (χ0n) is 13.1. The summed E-state index contributed by atoms with van der Waals surface area (Å²) in [4.78, 5) is 25.4. The van der Waals surface area contributed by atoms with Gasteiger partial charge in [0.25, 0.3) is 5.88 Å². The first-order valence-electron chi connectivity index (χ1n) is 7.64. The monoisotopic (exact) mass is 306 g/mol. The standard InChI is InChI=1S/C15H22N4O3/c1-21-8-7-19-12-4-3-11(15(19)20)9-18(10-12)13-14(22-2)17-6-5-16-13/h5-6,11-12H,3-4,7-10H2,1-2H3/t11-,12+/m0/s1. The van der Waals surface area contributed by atoms with Crippen molar-refractivity contribution in [1.82, 2.24) is 14.9 Å². The smallest absolute Gasteiger partial charge is 0.257 e. The Hall–Kier alpha value is -1.89. The zero-order valence-corrected chi connectivity index (χ0v) is 13.1. The first-order valence-corrected chi connectivity index (χ1v) is 7.64. The van der Waals surface area contributed by atoms with Crippen LogP contribution in [0.4, 0.5) is 5.82 Å². The van der Waals surface area contributed by atoms with Crippen LogP contribution >= 0.6 is 0 Å². The summed E-state index contributed by atoms with van der Waals surface area (Å²) in [6.45, 7) is 2.67. The fourth-order valence-corrected chi connectivity index (χ4v) is 3.38. The molecule has 4 rings (SSSR count). The van der Waals surface area contributed by atoms with Crippen LogP contribution in [0.1, 0.15) is 12.8 Å². The molecule has 1 amide bonds. The highest BCUT2D eigenvalue weighted by molar-refractivity contribution is 5.81. The van der Waals surface area contributed by atoms with E-state index >= 15 is 0 Å². The van der Waals surface area contributed by atoms with Gasteiger partial charge >= 0.3 is 0 Å². The number of amides is 1. The topological polar surface area (TPSA) is 67.8 Å². The largest absolute Gasteiger partial charge is 0.478 e. The van der Waals surface area contributed by atoms with Crippen LogP contribution in [0.2, 0.25) is 0 Å². The molecule has 22 heavy (non-hydrogen) atoms. The van der Waals surface area contributed by atoms with Crippen molar-refractivity contribution in [2.45, 2.75) is 18.9 Å². The maximum atomic E-state index is 12.6. The van der Waals surface area contributed by atoms with Crippen molar-refractivity contribution >= 4 is 11.7 Å². The number of carbonyl (C=O) groups excluding carboxylic acids is 1. The van der Waals surface area contributed by atoms with Crippen molar-refractivity contribution in [2.75, 3.05) is 45.4 Å². The molecule has 0 aliphatic carbocycles. The molecule has 0 unspecified atom stereocenters. The van der Waals surface area contributed by atoms with E-state index in [9.17, 15) is 4.79 Å². The lowest BCUT2D eigenvalue weighted by molar-refractivity contribution is -0.140. The summed E-state index contributed by atoms with van der Waals surface area (Å²) in [5.41, 5.74) is 0. The molecule has 120 valence electrons. The van der Waals surface area contributed by atoms with Gasteiger partial charge in [0.05, 0.1) is 19.6 Å². The molecular formula is C15H22N4O3. The molecular weight excluding hydrogens is 284 g/mol. The highest BCUT2D eigenvalue weighted by Gasteiger charge is 2.41. The molecule has 0 spiro atoms. The number of nitrogens with zero attached hydrogens (tertiary/aromatic N) is 4.